The highest BCUT2D eigenvalue weighted by atomic mass is 16.4. The predicted molar refractivity (Wildman–Crippen MR) is 45.3 cm³/mol. The van der Waals surface area contributed by atoms with Gasteiger partial charge in [0.05, 0.1) is 6.42 Å². The summed E-state index contributed by atoms with van der Waals surface area (Å²) < 4.78 is 0. The molecule has 0 aliphatic rings. The monoisotopic (exact) mass is 199 g/mol. The van der Waals surface area contributed by atoms with Crippen LogP contribution in [0.25, 0.3) is 0 Å². The average Bonchev–Trinajstić information content (AvgIpc) is 2.10. The first-order valence-electron chi connectivity index (χ1n) is 3.66. The number of carbonyl (C=O) groups excluding carboxylic acids is 1. The molecule has 1 amide bonds. The Morgan fingerprint density at radius 2 is 1.79 bits per heavy atom. The molecule has 6 heteroatoms. The number of rotatable bonds is 5. The van der Waals surface area contributed by atoms with Gasteiger partial charge >= 0.3 is 11.9 Å². The van der Waals surface area contributed by atoms with Gasteiger partial charge in [-0.25, -0.2) is 0 Å². The molecular weight excluding hydrogens is 190 g/mol. The summed E-state index contributed by atoms with van der Waals surface area (Å²) in [6, 6.07) is 0. The van der Waals surface area contributed by atoms with Crippen LogP contribution in [-0.4, -0.2) is 46.0 Å². The fraction of sp³-hybridized carbons (Fsp3) is 0.375. The highest BCUT2D eigenvalue weighted by Gasteiger charge is 2.15. The summed E-state index contributed by atoms with van der Waals surface area (Å²) in [5.41, 5.74) is 0. The molecule has 0 saturated carbocycles. The third-order valence-corrected chi connectivity index (χ3v) is 1.33. The van der Waals surface area contributed by atoms with Crippen molar-refractivity contribution in [3.8, 4) is 12.3 Å². The van der Waals surface area contributed by atoms with Crippen LogP contribution in [0, 0.1) is 12.3 Å². The number of terminal acetylenes is 1. The third kappa shape index (κ3) is 4.77. The summed E-state index contributed by atoms with van der Waals surface area (Å²) in [5, 5.41) is 16.7. The van der Waals surface area contributed by atoms with Crippen LogP contribution in [0.3, 0.4) is 0 Å². The number of hydrogen-bond donors (Lipinski definition) is 2. The smallest absolute Gasteiger partial charge is 0.323 e. The first-order chi connectivity index (χ1) is 6.47. The van der Waals surface area contributed by atoms with Gasteiger partial charge in [-0.3, -0.25) is 14.4 Å². The molecule has 0 rings (SSSR count). The van der Waals surface area contributed by atoms with E-state index in [2.05, 4.69) is 0 Å². The summed E-state index contributed by atoms with van der Waals surface area (Å²) in [4.78, 5) is 32.1. The minimum absolute atomic E-state index is 0.204. The average molecular weight is 199 g/mol. The normalized spacial score (nSPS) is 8.79. The van der Waals surface area contributed by atoms with E-state index in [0.29, 0.717) is 0 Å². The second-order valence-electron chi connectivity index (χ2n) is 2.41. The van der Waals surface area contributed by atoms with E-state index < -0.39 is 24.4 Å². The first kappa shape index (κ1) is 12.0. The lowest BCUT2D eigenvalue weighted by Crippen LogP contribution is -2.36. The van der Waals surface area contributed by atoms with Gasteiger partial charge in [0, 0.05) is 6.54 Å². The molecule has 0 atom stereocenters. The molecule has 0 aliphatic carbocycles. The molecular formula is C8H9NO5. The van der Waals surface area contributed by atoms with Gasteiger partial charge in [0.25, 0.3) is 5.91 Å². The van der Waals surface area contributed by atoms with E-state index in [4.69, 9.17) is 16.6 Å². The van der Waals surface area contributed by atoms with Crippen molar-refractivity contribution >= 4 is 17.8 Å². The Bertz CT molecular complexity index is 291. The van der Waals surface area contributed by atoms with Gasteiger partial charge in [0.1, 0.15) is 6.54 Å². The summed E-state index contributed by atoms with van der Waals surface area (Å²) >= 11 is 0. The van der Waals surface area contributed by atoms with Crippen LogP contribution in [0.2, 0.25) is 0 Å². The third-order valence-electron chi connectivity index (χ3n) is 1.33. The highest BCUT2D eigenvalue weighted by molar-refractivity contribution is 5.94. The maximum absolute atomic E-state index is 10.9. The largest absolute Gasteiger partial charge is 0.481 e. The van der Waals surface area contributed by atoms with Crippen LogP contribution < -0.4 is 0 Å². The zero-order chi connectivity index (χ0) is 11.1. The second kappa shape index (κ2) is 5.59. The van der Waals surface area contributed by atoms with Gasteiger partial charge in [0.2, 0.25) is 0 Å². The molecule has 0 radical (unpaired) electrons. The SMILES string of the molecule is C#CC(=O)N(CCC(=O)O)CC(=O)O. The lowest BCUT2D eigenvalue weighted by molar-refractivity contribution is -0.144. The molecule has 0 aromatic heterocycles. The van der Waals surface area contributed by atoms with Crippen LogP contribution in [0.15, 0.2) is 0 Å². The Balaban J connectivity index is 4.26. The zero-order valence-electron chi connectivity index (χ0n) is 7.27. The number of nitrogens with zero attached hydrogens (tertiary/aromatic N) is 1. The first-order valence-corrected chi connectivity index (χ1v) is 3.66. The maximum Gasteiger partial charge on any atom is 0.323 e. The van der Waals surface area contributed by atoms with Gasteiger partial charge < -0.3 is 15.1 Å². The van der Waals surface area contributed by atoms with Crippen molar-refractivity contribution in [1.82, 2.24) is 4.90 Å². The van der Waals surface area contributed by atoms with E-state index in [1.165, 1.54) is 0 Å². The second-order valence-corrected chi connectivity index (χ2v) is 2.41. The highest BCUT2D eigenvalue weighted by Crippen LogP contribution is 1.92. The Morgan fingerprint density at radius 3 is 2.14 bits per heavy atom. The summed E-state index contributed by atoms with van der Waals surface area (Å²) in [5.74, 6) is -1.46. The predicted octanol–water partition coefficient (Wildman–Crippen LogP) is -0.992. The number of aliphatic carboxylic acids is 2. The van der Waals surface area contributed by atoms with Crippen LogP contribution >= 0.6 is 0 Å². The van der Waals surface area contributed by atoms with Crippen molar-refractivity contribution in [1.29, 1.82) is 0 Å². The van der Waals surface area contributed by atoms with Crippen molar-refractivity contribution in [3.63, 3.8) is 0 Å². The zero-order valence-corrected chi connectivity index (χ0v) is 7.27. The van der Waals surface area contributed by atoms with Crippen molar-refractivity contribution in [2.45, 2.75) is 6.42 Å². The molecule has 0 saturated heterocycles. The van der Waals surface area contributed by atoms with Crippen LogP contribution in [0.5, 0.6) is 0 Å². The molecule has 0 aromatic carbocycles. The molecule has 0 heterocycles. The van der Waals surface area contributed by atoms with Crippen LogP contribution in [0.1, 0.15) is 6.42 Å². The Kier molecular flexibility index (Phi) is 4.78. The molecule has 0 spiro atoms. The van der Waals surface area contributed by atoms with E-state index >= 15 is 0 Å². The van der Waals surface area contributed by atoms with Gasteiger partial charge in [-0.15, -0.1) is 6.42 Å². The van der Waals surface area contributed by atoms with E-state index in [0.717, 1.165) is 4.90 Å². The minimum atomic E-state index is -1.24. The lowest BCUT2D eigenvalue weighted by atomic mass is 10.3. The summed E-state index contributed by atoms with van der Waals surface area (Å²) in [7, 11) is 0. The summed E-state index contributed by atoms with van der Waals surface area (Å²) in [6.07, 6.45) is 4.44. The molecule has 6 nitrogen and oxygen atoms in total. The molecule has 14 heavy (non-hydrogen) atoms. The fourth-order valence-electron chi connectivity index (χ4n) is 0.738. The van der Waals surface area contributed by atoms with Crippen molar-refractivity contribution in [3.05, 3.63) is 0 Å². The van der Waals surface area contributed by atoms with Crippen molar-refractivity contribution < 1.29 is 24.6 Å². The number of hydrogen-bond acceptors (Lipinski definition) is 3. The van der Waals surface area contributed by atoms with Crippen molar-refractivity contribution in [2.24, 2.45) is 0 Å². The van der Waals surface area contributed by atoms with Gasteiger partial charge in [-0.05, 0) is 5.92 Å². The van der Waals surface area contributed by atoms with Gasteiger partial charge in [-0.2, -0.15) is 0 Å². The minimum Gasteiger partial charge on any atom is -0.481 e. The fourth-order valence-corrected chi connectivity index (χ4v) is 0.738. The van der Waals surface area contributed by atoms with Crippen LogP contribution in [-0.2, 0) is 14.4 Å². The lowest BCUT2D eigenvalue weighted by Gasteiger charge is -2.16. The molecule has 2 N–H and O–H groups in total. The molecule has 76 valence electrons. The van der Waals surface area contributed by atoms with Gasteiger partial charge in [0.15, 0.2) is 0 Å². The number of carboxylic acid groups (broad SMARTS) is 2. The molecule has 0 bridgehead atoms. The molecule has 0 aliphatic heterocycles. The molecule has 0 unspecified atom stereocenters. The Morgan fingerprint density at radius 1 is 1.21 bits per heavy atom. The van der Waals surface area contributed by atoms with E-state index in [9.17, 15) is 14.4 Å². The maximum atomic E-state index is 10.9. The molecule has 0 aromatic rings. The number of carboxylic acids is 2. The van der Waals surface area contributed by atoms with Crippen LogP contribution in [0.4, 0.5) is 0 Å². The summed E-state index contributed by atoms with van der Waals surface area (Å²) in [6.45, 7) is -0.791. The quantitative estimate of drug-likeness (QED) is 0.554. The number of carbonyl (C=O) groups is 3. The van der Waals surface area contributed by atoms with Crippen molar-refractivity contribution in [2.75, 3.05) is 13.1 Å². The van der Waals surface area contributed by atoms with E-state index in [-0.39, 0.29) is 13.0 Å². The molecule has 0 fully saturated rings. The van der Waals surface area contributed by atoms with Gasteiger partial charge in [-0.1, -0.05) is 0 Å². The Labute approximate surface area is 80.1 Å². The Hall–Kier alpha value is -2.03. The number of amides is 1. The standard InChI is InChI=1S/C8H9NO5/c1-2-6(10)9(5-8(13)14)4-3-7(11)12/h1H,3-5H2,(H,11,12)(H,13,14). The topological polar surface area (TPSA) is 94.9 Å². The van der Waals surface area contributed by atoms with E-state index in [1.54, 1.807) is 5.92 Å². The van der Waals surface area contributed by atoms with E-state index in [1.807, 2.05) is 0 Å².